The number of carbonyl (C=O) groups is 3. The quantitative estimate of drug-likeness (QED) is 0.140. The van der Waals surface area contributed by atoms with Crippen molar-refractivity contribution in [3.05, 3.63) is 59.3 Å². The number of nitrogens with zero attached hydrogens (tertiary/aromatic N) is 5. The number of carboxylic acids is 1. The number of aromatic nitrogens is 3. The standard InChI is InChI=1S/C21H22N8O5S2/c1-34-26-13(16-25-21(23)36-27-16)17(30)24-14-18(31)29-15(20(32)33)12(10-35-19(14)29)5-3-7-28-6-2-4-11(8-22)9-28/h2-6,9,14,19H,7-8,10,22H2,1H3,(H3-,23,24,25,27,30,32,33)/t14?,19-/m1/s1. The maximum atomic E-state index is 12.9. The molecule has 15 heteroatoms. The van der Waals surface area contributed by atoms with Gasteiger partial charge in [0.15, 0.2) is 24.1 Å². The minimum absolute atomic E-state index is 0.0469. The van der Waals surface area contributed by atoms with Crippen molar-refractivity contribution in [2.75, 3.05) is 18.6 Å². The lowest BCUT2D eigenvalue weighted by molar-refractivity contribution is -0.687. The van der Waals surface area contributed by atoms with Gasteiger partial charge in [-0.2, -0.15) is 9.36 Å². The Morgan fingerprint density at radius 3 is 2.94 bits per heavy atom. The molecule has 36 heavy (non-hydrogen) atoms. The molecule has 0 spiro atoms. The third kappa shape index (κ3) is 5.07. The van der Waals surface area contributed by atoms with Crippen LogP contribution in [0.25, 0.3) is 0 Å². The highest BCUT2D eigenvalue weighted by Gasteiger charge is 2.53. The van der Waals surface area contributed by atoms with E-state index in [9.17, 15) is 19.5 Å². The molecular weight excluding hydrogens is 508 g/mol. The average molecular weight is 531 g/mol. The van der Waals surface area contributed by atoms with Crippen LogP contribution in [-0.4, -0.2) is 62.0 Å². The summed E-state index contributed by atoms with van der Waals surface area (Å²) in [5.41, 5.74) is 12.2. The molecule has 2 atom stereocenters. The predicted molar refractivity (Wildman–Crippen MR) is 129 cm³/mol. The van der Waals surface area contributed by atoms with E-state index >= 15 is 0 Å². The fraction of sp³-hybridized carbons (Fsp3) is 0.286. The lowest BCUT2D eigenvalue weighted by Gasteiger charge is -2.50. The van der Waals surface area contributed by atoms with E-state index in [1.54, 1.807) is 12.2 Å². The first-order valence-electron chi connectivity index (χ1n) is 10.6. The van der Waals surface area contributed by atoms with E-state index in [1.807, 2.05) is 29.1 Å². The number of amides is 2. The Hall–Kier alpha value is -3.82. The maximum Gasteiger partial charge on any atom is 0.278 e. The summed E-state index contributed by atoms with van der Waals surface area (Å²) in [6.07, 6.45) is 7.22. The van der Waals surface area contributed by atoms with Crippen molar-refractivity contribution in [1.29, 1.82) is 0 Å². The molecule has 5 N–H and O–H groups in total. The van der Waals surface area contributed by atoms with Crippen LogP contribution >= 0.6 is 23.3 Å². The number of nitrogens with two attached hydrogens (primary N) is 2. The number of anilines is 1. The van der Waals surface area contributed by atoms with Gasteiger partial charge in [0, 0.05) is 35.5 Å². The second kappa shape index (κ2) is 10.8. The molecule has 1 saturated heterocycles. The highest BCUT2D eigenvalue weighted by Crippen LogP contribution is 2.40. The number of nitrogen functional groups attached to an aromatic ring is 1. The van der Waals surface area contributed by atoms with Crippen LogP contribution in [0.2, 0.25) is 0 Å². The molecule has 2 amide bonds. The van der Waals surface area contributed by atoms with Crippen molar-refractivity contribution >= 4 is 51.9 Å². The number of fused-ring (bicyclic) bond motifs is 1. The Kier molecular flexibility index (Phi) is 7.61. The molecule has 2 aliphatic rings. The number of allylic oxidation sites excluding steroid dienone is 2. The Balaban J connectivity index is 1.48. The zero-order valence-corrected chi connectivity index (χ0v) is 20.6. The van der Waals surface area contributed by atoms with Crippen LogP contribution < -0.4 is 26.5 Å². The number of thioether (sulfide) groups is 1. The van der Waals surface area contributed by atoms with Crippen LogP contribution in [0.3, 0.4) is 0 Å². The van der Waals surface area contributed by atoms with E-state index in [4.69, 9.17) is 16.3 Å². The lowest BCUT2D eigenvalue weighted by Crippen LogP contribution is -2.71. The molecule has 0 saturated carbocycles. The smallest absolute Gasteiger partial charge is 0.278 e. The topological polar surface area (TPSA) is 193 Å². The van der Waals surface area contributed by atoms with E-state index < -0.39 is 29.2 Å². The summed E-state index contributed by atoms with van der Waals surface area (Å²) in [5.74, 6) is -2.56. The molecule has 2 aromatic heterocycles. The first-order valence-corrected chi connectivity index (χ1v) is 12.4. The summed E-state index contributed by atoms with van der Waals surface area (Å²) >= 11 is 2.19. The van der Waals surface area contributed by atoms with Crippen LogP contribution in [0.4, 0.5) is 5.13 Å². The first-order chi connectivity index (χ1) is 17.3. The molecule has 0 bridgehead atoms. The van der Waals surface area contributed by atoms with E-state index in [-0.39, 0.29) is 22.4 Å². The highest BCUT2D eigenvalue weighted by molar-refractivity contribution is 8.00. The molecule has 0 radical (unpaired) electrons. The fourth-order valence-electron chi connectivity index (χ4n) is 3.70. The van der Waals surface area contributed by atoms with Crippen LogP contribution in [0.1, 0.15) is 11.4 Å². The summed E-state index contributed by atoms with van der Waals surface area (Å²) in [5, 5.41) is 17.7. The van der Waals surface area contributed by atoms with Gasteiger partial charge in [0.05, 0.1) is 11.7 Å². The van der Waals surface area contributed by atoms with Crippen LogP contribution in [0.5, 0.6) is 0 Å². The summed E-state index contributed by atoms with van der Waals surface area (Å²) in [7, 11) is 1.25. The van der Waals surface area contributed by atoms with Gasteiger partial charge >= 0.3 is 0 Å². The van der Waals surface area contributed by atoms with Crippen molar-refractivity contribution in [2.45, 2.75) is 24.5 Å². The number of hydrogen-bond donors (Lipinski definition) is 3. The number of oxime groups is 1. The van der Waals surface area contributed by atoms with E-state index in [2.05, 4.69) is 19.8 Å². The fourth-order valence-corrected chi connectivity index (χ4v) is 5.46. The van der Waals surface area contributed by atoms with Crippen molar-refractivity contribution in [1.82, 2.24) is 19.6 Å². The monoisotopic (exact) mass is 530 g/mol. The van der Waals surface area contributed by atoms with Crippen LogP contribution in [0, 0.1) is 0 Å². The molecular formula is C21H22N8O5S2. The van der Waals surface area contributed by atoms with E-state index in [0.717, 1.165) is 22.0 Å². The maximum absolute atomic E-state index is 12.9. The average Bonchev–Trinajstić information content (AvgIpc) is 3.30. The number of pyridine rings is 1. The number of carbonyl (C=O) groups excluding carboxylic acids is 3. The second-order valence-corrected chi connectivity index (χ2v) is 9.50. The van der Waals surface area contributed by atoms with Gasteiger partial charge in [-0.3, -0.25) is 14.5 Å². The zero-order valence-electron chi connectivity index (χ0n) is 19.0. The Labute approximate surface area is 213 Å². The molecule has 4 rings (SSSR count). The van der Waals surface area contributed by atoms with E-state index in [1.165, 1.54) is 18.9 Å². The third-order valence-corrected chi connectivity index (χ3v) is 7.16. The van der Waals surface area contributed by atoms with Gasteiger partial charge in [-0.25, -0.2) is 4.57 Å². The zero-order chi connectivity index (χ0) is 25.8. The lowest BCUT2D eigenvalue weighted by atomic mass is 10.0. The summed E-state index contributed by atoms with van der Waals surface area (Å²) in [6.45, 7) is 0.889. The van der Waals surface area contributed by atoms with Gasteiger partial charge in [-0.05, 0) is 17.7 Å². The second-order valence-electron chi connectivity index (χ2n) is 7.62. The van der Waals surface area contributed by atoms with Crippen molar-refractivity contribution < 1.29 is 28.9 Å². The van der Waals surface area contributed by atoms with Gasteiger partial charge in [0.1, 0.15) is 18.5 Å². The predicted octanol–water partition coefficient (Wildman–Crippen LogP) is -2.12. The Morgan fingerprint density at radius 2 is 2.28 bits per heavy atom. The van der Waals surface area contributed by atoms with Gasteiger partial charge in [-0.1, -0.05) is 11.2 Å². The largest absolute Gasteiger partial charge is 0.543 e. The minimum Gasteiger partial charge on any atom is -0.543 e. The molecule has 0 aliphatic carbocycles. The Morgan fingerprint density at radius 1 is 1.47 bits per heavy atom. The van der Waals surface area contributed by atoms with Crippen molar-refractivity contribution in [3.63, 3.8) is 0 Å². The number of nitrogens with one attached hydrogen (secondary N) is 1. The number of β-lactam (4-membered cyclic amide) rings is 1. The van der Waals surface area contributed by atoms with Crippen LogP contribution in [0.15, 0.2) is 53.1 Å². The molecule has 4 heterocycles. The first kappa shape index (κ1) is 25.3. The SMILES string of the molecule is CON=C(C(=O)NC1C(=O)N2C(C(=O)[O-])=C(C=CC[n+]3cccc(CN)c3)CS[C@H]12)c1nsc(N)n1. The van der Waals surface area contributed by atoms with Gasteiger partial charge < -0.3 is 31.5 Å². The van der Waals surface area contributed by atoms with Gasteiger partial charge in [0.2, 0.25) is 11.5 Å². The Bertz CT molecular complexity index is 1290. The molecule has 1 unspecified atom stereocenters. The molecule has 1 fully saturated rings. The van der Waals surface area contributed by atoms with E-state index in [0.29, 0.717) is 24.4 Å². The van der Waals surface area contributed by atoms with Crippen LogP contribution in [-0.2, 0) is 32.3 Å². The minimum atomic E-state index is -1.47. The molecule has 2 aliphatic heterocycles. The third-order valence-electron chi connectivity index (χ3n) is 5.32. The highest BCUT2D eigenvalue weighted by atomic mass is 32.2. The molecule has 2 aromatic rings. The summed E-state index contributed by atoms with van der Waals surface area (Å²) < 4.78 is 5.84. The number of hydrogen-bond acceptors (Lipinski definition) is 12. The molecule has 0 aromatic carbocycles. The summed E-state index contributed by atoms with van der Waals surface area (Å²) in [4.78, 5) is 47.4. The number of carboxylic acid groups (broad SMARTS) is 1. The number of rotatable bonds is 9. The number of aliphatic carboxylic acids is 1. The van der Waals surface area contributed by atoms with Crippen molar-refractivity contribution in [2.24, 2.45) is 10.9 Å². The molecule has 188 valence electrons. The molecule has 13 nitrogen and oxygen atoms in total. The summed E-state index contributed by atoms with van der Waals surface area (Å²) in [6, 6.07) is 2.81. The van der Waals surface area contributed by atoms with Gasteiger partial charge in [-0.15, -0.1) is 11.8 Å². The van der Waals surface area contributed by atoms with Crippen molar-refractivity contribution in [3.8, 4) is 0 Å². The van der Waals surface area contributed by atoms with Gasteiger partial charge in [0.25, 0.3) is 11.8 Å². The normalized spacial score (nSPS) is 19.8.